The highest BCUT2D eigenvalue weighted by Gasteiger charge is 2.20. The lowest BCUT2D eigenvalue weighted by atomic mass is 9.97. The molecule has 0 saturated carbocycles. The summed E-state index contributed by atoms with van der Waals surface area (Å²) in [4.78, 5) is 24.0. The van der Waals surface area contributed by atoms with Crippen molar-refractivity contribution in [2.45, 2.75) is 19.4 Å². The maximum atomic E-state index is 12.1. The summed E-state index contributed by atoms with van der Waals surface area (Å²) in [5, 5.41) is 9.00. The summed E-state index contributed by atoms with van der Waals surface area (Å²) < 4.78 is 5.05. The number of anilines is 1. The topological polar surface area (TPSA) is 83.4 Å². The van der Waals surface area contributed by atoms with E-state index in [-0.39, 0.29) is 35.9 Å². The van der Waals surface area contributed by atoms with Gasteiger partial charge in [0.15, 0.2) is 5.76 Å². The summed E-state index contributed by atoms with van der Waals surface area (Å²) in [6.45, 7) is 2.31. The Morgan fingerprint density at radius 1 is 1.12 bits per heavy atom. The van der Waals surface area contributed by atoms with Gasteiger partial charge in [0, 0.05) is 18.2 Å². The van der Waals surface area contributed by atoms with Gasteiger partial charge < -0.3 is 20.4 Å². The molecule has 1 aromatic carbocycles. The molecule has 2 amide bonds. The van der Waals surface area contributed by atoms with Crippen LogP contribution in [0.25, 0.3) is 0 Å². The van der Waals surface area contributed by atoms with Gasteiger partial charge >= 0.3 is 0 Å². The third-order valence-corrected chi connectivity index (χ3v) is 4.13. The molecular weight excluding hydrogens is 342 g/mol. The number of amides is 2. The van der Waals surface area contributed by atoms with Gasteiger partial charge in [-0.05, 0) is 55.8 Å². The fraction of sp³-hybridized carbons (Fsp3) is 0.333. The zero-order valence-corrected chi connectivity index (χ0v) is 14.6. The molecule has 1 fully saturated rings. The highest BCUT2D eigenvalue weighted by molar-refractivity contribution is 6.02. The number of carbonyl (C=O) groups is 2. The van der Waals surface area contributed by atoms with Gasteiger partial charge in [0.1, 0.15) is 0 Å². The average molecular weight is 364 g/mol. The lowest BCUT2D eigenvalue weighted by Crippen LogP contribution is -2.37. The predicted molar refractivity (Wildman–Crippen MR) is 97.8 cm³/mol. The van der Waals surface area contributed by atoms with E-state index in [9.17, 15) is 9.59 Å². The number of hydrogen-bond donors (Lipinski definition) is 3. The standard InChI is InChI=1S/C18H21N3O3.ClH/c22-17(14-7-9-19-10-8-14)20-12-13-3-5-15(6-4-13)21-18(23)16-2-1-11-24-16;/h1-6,11,14,19H,7-10,12H2,(H,20,22)(H,21,23);1H. The van der Waals surface area contributed by atoms with Gasteiger partial charge in [0.05, 0.1) is 6.26 Å². The van der Waals surface area contributed by atoms with Gasteiger partial charge in [-0.25, -0.2) is 0 Å². The zero-order chi connectivity index (χ0) is 16.8. The molecule has 1 aliphatic rings. The van der Waals surface area contributed by atoms with Crippen molar-refractivity contribution in [1.29, 1.82) is 0 Å². The third kappa shape index (κ3) is 5.34. The second-order valence-corrected chi connectivity index (χ2v) is 5.87. The molecule has 1 aromatic heterocycles. The normalized spacial score (nSPS) is 14.4. The van der Waals surface area contributed by atoms with Crippen molar-refractivity contribution in [3.63, 3.8) is 0 Å². The van der Waals surface area contributed by atoms with E-state index in [0.717, 1.165) is 31.5 Å². The molecule has 0 atom stereocenters. The quantitative estimate of drug-likeness (QED) is 0.762. The fourth-order valence-corrected chi connectivity index (χ4v) is 2.72. The van der Waals surface area contributed by atoms with Gasteiger partial charge in [0.2, 0.25) is 5.91 Å². The molecule has 0 aliphatic carbocycles. The Kier molecular flexibility index (Phi) is 7.03. The molecule has 3 N–H and O–H groups in total. The number of piperidine rings is 1. The number of rotatable bonds is 5. The summed E-state index contributed by atoms with van der Waals surface area (Å²) in [6.07, 6.45) is 3.25. The molecule has 1 aliphatic heterocycles. The first-order valence-electron chi connectivity index (χ1n) is 8.14. The molecule has 0 unspecified atom stereocenters. The van der Waals surface area contributed by atoms with E-state index in [1.165, 1.54) is 6.26 Å². The van der Waals surface area contributed by atoms with E-state index in [4.69, 9.17) is 4.42 Å². The molecule has 6 nitrogen and oxygen atoms in total. The predicted octanol–water partition coefficient (Wildman–Crippen LogP) is 2.57. The van der Waals surface area contributed by atoms with Gasteiger partial charge in [-0.1, -0.05) is 12.1 Å². The third-order valence-electron chi connectivity index (χ3n) is 4.13. The Labute approximate surface area is 152 Å². The Balaban J connectivity index is 0.00000225. The number of halogens is 1. The van der Waals surface area contributed by atoms with Gasteiger partial charge in [-0.2, -0.15) is 0 Å². The van der Waals surface area contributed by atoms with E-state index >= 15 is 0 Å². The smallest absolute Gasteiger partial charge is 0.291 e. The minimum Gasteiger partial charge on any atom is -0.459 e. The first-order valence-corrected chi connectivity index (χ1v) is 8.14. The Morgan fingerprint density at radius 3 is 2.48 bits per heavy atom. The largest absolute Gasteiger partial charge is 0.459 e. The van der Waals surface area contributed by atoms with Crippen LogP contribution in [0.5, 0.6) is 0 Å². The SMILES string of the molecule is Cl.O=C(Nc1ccc(CNC(=O)C2CCNCC2)cc1)c1ccco1. The maximum Gasteiger partial charge on any atom is 0.291 e. The van der Waals surface area contributed by atoms with Crippen LogP contribution in [0.15, 0.2) is 47.1 Å². The minimum absolute atomic E-state index is 0. The molecule has 0 radical (unpaired) electrons. The Hall–Kier alpha value is -2.31. The van der Waals surface area contributed by atoms with Crippen LogP contribution < -0.4 is 16.0 Å². The van der Waals surface area contributed by atoms with Crippen molar-refractivity contribution in [1.82, 2.24) is 10.6 Å². The lowest BCUT2D eigenvalue weighted by molar-refractivity contribution is -0.125. The molecule has 2 heterocycles. The minimum atomic E-state index is -0.285. The van der Waals surface area contributed by atoms with E-state index in [2.05, 4.69) is 16.0 Å². The summed E-state index contributed by atoms with van der Waals surface area (Å²) in [6, 6.07) is 10.7. The van der Waals surface area contributed by atoms with Crippen molar-refractivity contribution in [3.8, 4) is 0 Å². The monoisotopic (exact) mass is 363 g/mol. The molecule has 3 rings (SSSR count). The molecule has 25 heavy (non-hydrogen) atoms. The summed E-state index contributed by atoms with van der Waals surface area (Å²) >= 11 is 0. The van der Waals surface area contributed by atoms with Crippen LogP contribution in [0.3, 0.4) is 0 Å². The molecule has 7 heteroatoms. The number of carbonyl (C=O) groups excluding carboxylic acids is 2. The number of furan rings is 1. The molecule has 2 aromatic rings. The van der Waals surface area contributed by atoms with E-state index < -0.39 is 0 Å². The van der Waals surface area contributed by atoms with Gasteiger partial charge in [-0.15, -0.1) is 12.4 Å². The van der Waals surface area contributed by atoms with Crippen LogP contribution in [0, 0.1) is 5.92 Å². The van der Waals surface area contributed by atoms with Crippen LogP contribution in [-0.2, 0) is 11.3 Å². The molecule has 1 saturated heterocycles. The highest BCUT2D eigenvalue weighted by atomic mass is 35.5. The molecule has 0 spiro atoms. The van der Waals surface area contributed by atoms with Crippen molar-refractivity contribution in [2.75, 3.05) is 18.4 Å². The van der Waals surface area contributed by atoms with Crippen LogP contribution in [-0.4, -0.2) is 24.9 Å². The van der Waals surface area contributed by atoms with Gasteiger partial charge in [-0.3, -0.25) is 9.59 Å². The van der Waals surface area contributed by atoms with Crippen molar-refractivity contribution in [3.05, 3.63) is 54.0 Å². The lowest BCUT2D eigenvalue weighted by Gasteiger charge is -2.21. The van der Waals surface area contributed by atoms with Crippen LogP contribution in [0.2, 0.25) is 0 Å². The zero-order valence-electron chi connectivity index (χ0n) is 13.8. The number of benzene rings is 1. The van der Waals surface area contributed by atoms with Crippen molar-refractivity contribution >= 4 is 29.9 Å². The van der Waals surface area contributed by atoms with Crippen LogP contribution in [0.4, 0.5) is 5.69 Å². The molecule has 134 valence electrons. The second kappa shape index (κ2) is 9.25. The second-order valence-electron chi connectivity index (χ2n) is 5.87. The summed E-state index contributed by atoms with van der Waals surface area (Å²) in [5.41, 5.74) is 1.68. The first-order chi connectivity index (χ1) is 11.7. The van der Waals surface area contributed by atoms with Crippen molar-refractivity contribution < 1.29 is 14.0 Å². The number of nitrogens with one attached hydrogen (secondary N) is 3. The number of hydrogen-bond acceptors (Lipinski definition) is 4. The maximum absolute atomic E-state index is 12.1. The van der Waals surface area contributed by atoms with Crippen LogP contribution >= 0.6 is 12.4 Å². The Bertz CT molecular complexity index is 680. The summed E-state index contributed by atoms with van der Waals surface area (Å²) in [7, 11) is 0. The molecule has 0 bridgehead atoms. The van der Waals surface area contributed by atoms with E-state index in [1.807, 2.05) is 24.3 Å². The van der Waals surface area contributed by atoms with Crippen molar-refractivity contribution in [2.24, 2.45) is 5.92 Å². The molecular formula is C18H22ClN3O3. The Morgan fingerprint density at radius 2 is 1.84 bits per heavy atom. The average Bonchev–Trinajstić information content (AvgIpc) is 3.16. The van der Waals surface area contributed by atoms with Crippen LogP contribution in [0.1, 0.15) is 29.0 Å². The highest BCUT2D eigenvalue weighted by Crippen LogP contribution is 2.14. The first kappa shape index (κ1) is 19.0. The van der Waals surface area contributed by atoms with E-state index in [1.54, 1.807) is 12.1 Å². The van der Waals surface area contributed by atoms with E-state index in [0.29, 0.717) is 12.2 Å². The van der Waals surface area contributed by atoms with Gasteiger partial charge in [0.25, 0.3) is 5.91 Å². The summed E-state index contributed by atoms with van der Waals surface area (Å²) in [5.74, 6) is 0.213. The fourth-order valence-electron chi connectivity index (χ4n) is 2.72.